The van der Waals surface area contributed by atoms with Gasteiger partial charge >= 0.3 is 0 Å². The van der Waals surface area contributed by atoms with E-state index in [0.717, 1.165) is 21.9 Å². The number of nitrogens with one attached hydrogen (secondary N) is 1. The number of aryl methyl sites for hydroxylation is 1. The lowest BCUT2D eigenvalue weighted by Crippen LogP contribution is -2.22. The summed E-state index contributed by atoms with van der Waals surface area (Å²) in [5.74, 6) is 0.418. The molecule has 0 aliphatic carbocycles. The van der Waals surface area contributed by atoms with Gasteiger partial charge in [0.15, 0.2) is 0 Å². The van der Waals surface area contributed by atoms with E-state index in [1.54, 1.807) is 12.1 Å². The summed E-state index contributed by atoms with van der Waals surface area (Å²) >= 11 is 0. The molecule has 146 valence electrons. The molecule has 5 nitrogen and oxygen atoms in total. The fourth-order valence-electron chi connectivity index (χ4n) is 2.75. The van der Waals surface area contributed by atoms with Crippen molar-refractivity contribution in [3.8, 4) is 0 Å². The van der Waals surface area contributed by atoms with Crippen LogP contribution in [-0.2, 0) is 27.7 Å². The van der Waals surface area contributed by atoms with E-state index in [1.165, 1.54) is 25.7 Å². The summed E-state index contributed by atoms with van der Waals surface area (Å²) in [6, 6.07) is 12.8. The third-order valence-electron chi connectivity index (χ3n) is 4.29. The number of anilines is 1. The standard InChI is InChI=1S/C21H28N2O3S/c1-15(2)12-17-7-9-18(10-8-17)13-21(24)22-20-14-19(11-6-16(20)3)27(25,26)23(4)5/h6-11,14-15H,12-13H2,1-5H3,(H,22,24). The van der Waals surface area contributed by atoms with Crippen molar-refractivity contribution in [2.45, 2.75) is 38.5 Å². The van der Waals surface area contributed by atoms with Gasteiger partial charge in [-0.2, -0.15) is 0 Å². The topological polar surface area (TPSA) is 66.5 Å². The average Bonchev–Trinajstić information content (AvgIpc) is 2.57. The van der Waals surface area contributed by atoms with E-state index >= 15 is 0 Å². The van der Waals surface area contributed by atoms with Gasteiger partial charge in [-0.1, -0.05) is 44.2 Å². The van der Waals surface area contributed by atoms with E-state index in [2.05, 4.69) is 31.3 Å². The Morgan fingerprint density at radius 1 is 1.04 bits per heavy atom. The van der Waals surface area contributed by atoms with Crippen LogP contribution < -0.4 is 5.32 Å². The number of amides is 1. The summed E-state index contributed by atoms with van der Waals surface area (Å²) < 4.78 is 25.7. The molecule has 0 heterocycles. The summed E-state index contributed by atoms with van der Waals surface area (Å²) in [5, 5.41) is 2.84. The monoisotopic (exact) mass is 388 g/mol. The van der Waals surface area contributed by atoms with E-state index in [0.29, 0.717) is 11.6 Å². The second-order valence-corrected chi connectivity index (χ2v) is 9.56. The first kappa shape index (κ1) is 21.1. The molecule has 0 unspecified atom stereocenters. The molecule has 0 saturated carbocycles. The molecule has 0 aliphatic rings. The van der Waals surface area contributed by atoms with E-state index < -0.39 is 10.0 Å². The molecule has 0 bridgehead atoms. The second-order valence-electron chi connectivity index (χ2n) is 7.40. The Balaban J connectivity index is 2.11. The zero-order valence-electron chi connectivity index (χ0n) is 16.6. The zero-order chi connectivity index (χ0) is 20.2. The largest absolute Gasteiger partial charge is 0.326 e. The number of hydrogen-bond acceptors (Lipinski definition) is 3. The van der Waals surface area contributed by atoms with Crippen LogP contribution in [-0.4, -0.2) is 32.7 Å². The third-order valence-corrected chi connectivity index (χ3v) is 6.10. The summed E-state index contributed by atoms with van der Waals surface area (Å²) in [6.45, 7) is 6.19. The van der Waals surface area contributed by atoms with E-state index in [9.17, 15) is 13.2 Å². The molecule has 2 rings (SSSR count). The van der Waals surface area contributed by atoms with Gasteiger partial charge in [0.1, 0.15) is 0 Å². The Labute approximate surface area is 162 Å². The van der Waals surface area contributed by atoms with Crippen molar-refractivity contribution in [3.05, 3.63) is 59.2 Å². The van der Waals surface area contributed by atoms with E-state index in [1.807, 2.05) is 19.1 Å². The van der Waals surface area contributed by atoms with Crippen LogP contribution in [0.3, 0.4) is 0 Å². The van der Waals surface area contributed by atoms with Crippen LogP contribution in [0.4, 0.5) is 5.69 Å². The summed E-state index contributed by atoms with van der Waals surface area (Å²) in [6.07, 6.45) is 1.25. The maximum atomic E-state index is 12.4. The highest BCUT2D eigenvalue weighted by Crippen LogP contribution is 2.22. The van der Waals surface area contributed by atoms with Gasteiger partial charge in [-0.25, -0.2) is 12.7 Å². The van der Waals surface area contributed by atoms with Crippen LogP contribution in [0.2, 0.25) is 0 Å². The van der Waals surface area contributed by atoms with Crippen molar-refractivity contribution in [2.24, 2.45) is 5.92 Å². The molecular weight excluding hydrogens is 360 g/mol. The second kappa shape index (κ2) is 8.67. The van der Waals surface area contributed by atoms with Crippen LogP contribution in [0.15, 0.2) is 47.4 Å². The molecule has 0 atom stereocenters. The highest BCUT2D eigenvalue weighted by molar-refractivity contribution is 7.89. The Morgan fingerprint density at radius 2 is 1.63 bits per heavy atom. The minimum atomic E-state index is -3.54. The van der Waals surface area contributed by atoms with Crippen LogP contribution in [0.5, 0.6) is 0 Å². The van der Waals surface area contributed by atoms with Crippen molar-refractivity contribution in [1.82, 2.24) is 4.31 Å². The Hall–Kier alpha value is -2.18. The van der Waals surface area contributed by atoms with Gasteiger partial charge in [0.25, 0.3) is 0 Å². The van der Waals surface area contributed by atoms with Crippen LogP contribution in [0.1, 0.15) is 30.5 Å². The van der Waals surface area contributed by atoms with Crippen molar-refractivity contribution in [1.29, 1.82) is 0 Å². The van der Waals surface area contributed by atoms with E-state index in [-0.39, 0.29) is 17.2 Å². The molecule has 27 heavy (non-hydrogen) atoms. The number of hydrogen-bond donors (Lipinski definition) is 1. The lowest BCUT2D eigenvalue weighted by molar-refractivity contribution is -0.115. The van der Waals surface area contributed by atoms with Gasteiger partial charge < -0.3 is 5.32 Å². The van der Waals surface area contributed by atoms with Gasteiger partial charge in [0, 0.05) is 19.8 Å². The summed E-state index contributed by atoms with van der Waals surface area (Å²) in [7, 11) is -0.579. The molecule has 2 aromatic carbocycles. The lowest BCUT2D eigenvalue weighted by Gasteiger charge is -2.14. The predicted molar refractivity (Wildman–Crippen MR) is 109 cm³/mol. The molecule has 1 N–H and O–H groups in total. The Morgan fingerprint density at radius 3 is 2.19 bits per heavy atom. The zero-order valence-corrected chi connectivity index (χ0v) is 17.4. The van der Waals surface area contributed by atoms with Crippen LogP contribution in [0.25, 0.3) is 0 Å². The molecule has 0 aromatic heterocycles. The third kappa shape index (κ3) is 5.65. The van der Waals surface area contributed by atoms with Gasteiger partial charge in [0.05, 0.1) is 11.3 Å². The molecule has 0 saturated heterocycles. The van der Waals surface area contributed by atoms with Gasteiger partial charge in [-0.05, 0) is 48.1 Å². The van der Waals surface area contributed by atoms with Crippen molar-refractivity contribution < 1.29 is 13.2 Å². The highest BCUT2D eigenvalue weighted by atomic mass is 32.2. The van der Waals surface area contributed by atoms with Crippen molar-refractivity contribution in [3.63, 3.8) is 0 Å². The van der Waals surface area contributed by atoms with Gasteiger partial charge in [0.2, 0.25) is 15.9 Å². The smallest absolute Gasteiger partial charge is 0.242 e. The number of benzene rings is 2. The number of nitrogens with zero attached hydrogens (tertiary/aromatic N) is 1. The molecular formula is C21H28N2O3S. The van der Waals surface area contributed by atoms with Crippen LogP contribution >= 0.6 is 0 Å². The van der Waals surface area contributed by atoms with Gasteiger partial charge in [-0.3, -0.25) is 4.79 Å². The minimum absolute atomic E-state index is 0.159. The molecule has 0 radical (unpaired) electrons. The molecule has 0 fully saturated rings. The van der Waals surface area contributed by atoms with Gasteiger partial charge in [-0.15, -0.1) is 0 Å². The highest BCUT2D eigenvalue weighted by Gasteiger charge is 2.18. The fraction of sp³-hybridized carbons (Fsp3) is 0.381. The quantitative estimate of drug-likeness (QED) is 0.788. The SMILES string of the molecule is Cc1ccc(S(=O)(=O)N(C)C)cc1NC(=O)Cc1ccc(CC(C)C)cc1. The van der Waals surface area contributed by atoms with E-state index in [4.69, 9.17) is 0 Å². The Kier molecular flexibility index (Phi) is 6.78. The minimum Gasteiger partial charge on any atom is -0.326 e. The average molecular weight is 389 g/mol. The molecule has 2 aromatic rings. The first-order valence-corrected chi connectivity index (χ1v) is 10.4. The summed E-state index contributed by atoms with van der Waals surface area (Å²) in [4.78, 5) is 12.6. The molecule has 6 heteroatoms. The lowest BCUT2D eigenvalue weighted by atomic mass is 10.0. The number of carbonyl (C=O) groups is 1. The van der Waals surface area contributed by atoms with Crippen molar-refractivity contribution >= 4 is 21.6 Å². The maximum Gasteiger partial charge on any atom is 0.242 e. The Bertz CT molecular complexity index is 902. The number of carbonyl (C=O) groups excluding carboxylic acids is 1. The first-order valence-electron chi connectivity index (χ1n) is 9.00. The molecule has 0 aliphatic heterocycles. The number of sulfonamides is 1. The fourth-order valence-corrected chi connectivity index (χ4v) is 3.68. The van der Waals surface area contributed by atoms with Crippen LogP contribution in [0, 0.1) is 12.8 Å². The normalized spacial score (nSPS) is 11.8. The predicted octanol–water partition coefficient (Wildman–Crippen LogP) is 3.63. The maximum absolute atomic E-state index is 12.4. The van der Waals surface area contributed by atoms with Crippen molar-refractivity contribution in [2.75, 3.05) is 19.4 Å². The first-order chi connectivity index (χ1) is 12.6. The number of rotatable bonds is 7. The summed E-state index contributed by atoms with van der Waals surface area (Å²) in [5.41, 5.74) is 3.51. The molecule has 0 spiro atoms. The molecule has 1 amide bonds.